The molecule has 29 heavy (non-hydrogen) atoms. The molecule has 0 amide bonds. The first-order valence-corrected chi connectivity index (χ1v) is 8.80. The van der Waals surface area contributed by atoms with Gasteiger partial charge in [0, 0.05) is 5.56 Å². The monoisotopic (exact) mass is 392 g/mol. The third-order valence-corrected chi connectivity index (χ3v) is 4.15. The first kappa shape index (κ1) is 19.9. The minimum Gasteiger partial charge on any atom is -0.490 e. The molecule has 3 rings (SSSR count). The molecule has 0 aliphatic rings. The summed E-state index contributed by atoms with van der Waals surface area (Å²) in [4.78, 5) is 25.1. The Hall–Kier alpha value is -3.87. The molecule has 1 heterocycles. The molecule has 7 nitrogen and oxygen atoms in total. The molecule has 0 bridgehead atoms. The molecule has 148 valence electrons. The standard InChI is InChI=1S/C22H20N2O5/c1-4-14-29-17-12-10-15(11-13-17)19-18(21(25)27-2)20(22(26)28-3)24(23-19)16-8-6-5-7-9-16/h4-13H,1,14H2,2-3H3. The minimum absolute atomic E-state index is 0.00691. The van der Waals surface area contributed by atoms with Crippen LogP contribution in [0.15, 0.2) is 67.3 Å². The van der Waals surface area contributed by atoms with Crippen LogP contribution in [-0.2, 0) is 9.47 Å². The lowest BCUT2D eigenvalue weighted by Crippen LogP contribution is -2.15. The van der Waals surface area contributed by atoms with Crippen LogP contribution < -0.4 is 4.74 Å². The molecule has 2 aromatic carbocycles. The lowest BCUT2D eigenvalue weighted by molar-refractivity contribution is 0.0549. The summed E-state index contributed by atoms with van der Waals surface area (Å²) >= 11 is 0. The molecule has 0 spiro atoms. The summed E-state index contributed by atoms with van der Waals surface area (Å²) in [6.07, 6.45) is 1.65. The molecule has 0 radical (unpaired) electrons. The van der Waals surface area contributed by atoms with Gasteiger partial charge >= 0.3 is 11.9 Å². The summed E-state index contributed by atoms with van der Waals surface area (Å²) in [5.41, 5.74) is 1.55. The molecule has 0 atom stereocenters. The number of rotatable bonds is 7. The highest BCUT2D eigenvalue weighted by atomic mass is 16.5. The van der Waals surface area contributed by atoms with Crippen LogP contribution in [0, 0.1) is 0 Å². The third-order valence-electron chi connectivity index (χ3n) is 4.15. The van der Waals surface area contributed by atoms with E-state index in [-0.39, 0.29) is 11.3 Å². The fraction of sp³-hybridized carbons (Fsp3) is 0.136. The van der Waals surface area contributed by atoms with Gasteiger partial charge in [-0.25, -0.2) is 14.3 Å². The van der Waals surface area contributed by atoms with Crippen LogP contribution in [0.4, 0.5) is 0 Å². The number of methoxy groups -OCH3 is 2. The van der Waals surface area contributed by atoms with Crippen molar-refractivity contribution in [2.45, 2.75) is 0 Å². The number of carbonyl (C=O) groups is 2. The van der Waals surface area contributed by atoms with Crippen molar-refractivity contribution < 1.29 is 23.8 Å². The van der Waals surface area contributed by atoms with Crippen LogP contribution in [0.2, 0.25) is 0 Å². The number of hydrogen-bond acceptors (Lipinski definition) is 6. The number of benzene rings is 2. The van der Waals surface area contributed by atoms with Crippen molar-refractivity contribution in [2.75, 3.05) is 20.8 Å². The zero-order chi connectivity index (χ0) is 20.8. The summed E-state index contributed by atoms with van der Waals surface area (Å²) in [7, 11) is 2.50. The van der Waals surface area contributed by atoms with E-state index in [0.717, 1.165) is 0 Å². The maximum Gasteiger partial charge on any atom is 0.357 e. The van der Waals surface area contributed by atoms with Gasteiger partial charge < -0.3 is 14.2 Å². The van der Waals surface area contributed by atoms with Crippen molar-refractivity contribution in [2.24, 2.45) is 0 Å². The van der Waals surface area contributed by atoms with E-state index in [1.165, 1.54) is 18.9 Å². The summed E-state index contributed by atoms with van der Waals surface area (Å²) < 4.78 is 16.7. The van der Waals surface area contributed by atoms with Crippen LogP contribution in [0.25, 0.3) is 16.9 Å². The highest BCUT2D eigenvalue weighted by molar-refractivity contribution is 6.06. The number of ether oxygens (including phenoxy) is 3. The van der Waals surface area contributed by atoms with E-state index in [9.17, 15) is 9.59 Å². The van der Waals surface area contributed by atoms with Gasteiger partial charge in [-0.2, -0.15) is 5.10 Å². The maximum atomic E-state index is 12.6. The second-order valence-electron chi connectivity index (χ2n) is 5.93. The topological polar surface area (TPSA) is 79.7 Å². The maximum absolute atomic E-state index is 12.6. The van der Waals surface area contributed by atoms with Crippen LogP contribution in [0.1, 0.15) is 20.8 Å². The van der Waals surface area contributed by atoms with Gasteiger partial charge in [0.25, 0.3) is 0 Å². The van der Waals surface area contributed by atoms with Crippen molar-refractivity contribution in [1.82, 2.24) is 9.78 Å². The van der Waals surface area contributed by atoms with Crippen molar-refractivity contribution in [3.63, 3.8) is 0 Å². The van der Waals surface area contributed by atoms with Crippen molar-refractivity contribution in [3.05, 3.63) is 78.5 Å². The van der Waals surface area contributed by atoms with Gasteiger partial charge in [-0.1, -0.05) is 30.9 Å². The second-order valence-corrected chi connectivity index (χ2v) is 5.93. The predicted molar refractivity (Wildman–Crippen MR) is 107 cm³/mol. The van der Waals surface area contributed by atoms with Gasteiger partial charge in [0.2, 0.25) is 0 Å². The Bertz CT molecular complexity index is 1020. The average Bonchev–Trinajstić information content (AvgIpc) is 3.18. The number of carbonyl (C=O) groups excluding carboxylic acids is 2. The Morgan fingerprint density at radius 2 is 1.66 bits per heavy atom. The number of aromatic nitrogens is 2. The lowest BCUT2D eigenvalue weighted by atomic mass is 10.1. The quantitative estimate of drug-likeness (QED) is 0.451. The lowest BCUT2D eigenvalue weighted by Gasteiger charge is -2.07. The largest absolute Gasteiger partial charge is 0.490 e. The summed E-state index contributed by atoms with van der Waals surface area (Å²) in [6, 6.07) is 16.0. The molecule has 7 heteroatoms. The molecular weight excluding hydrogens is 372 g/mol. The molecule has 0 fully saturated rings. The Kier molecular flexibility index (Phi) is 6.09. The first-order valence-electron chi connectivity index (χ1n) is 8.80. The van der Waals surface area contributed by atoms with E-state index in [2.05, 4.69) is 11.7 Å². The molecule has 0 saturated heterocycles. The zero-order valence-corrected chi connectivity index (χ0v) is 16.1. The summed E-state index contributed by atoms with van der Waals surface area (Å²) in [5, 5.41) is 4.54. The molecule has 0 unspecified atom stereocenters. The van der Waals surface area contributed by atoms with Gasteiger partial charge in [-0.15, -0.1) is 0 Å². The van der Waals surface area contributed by atoms with Gasteiger partial charge in [-0.3, -0.25) is 0 Å². The van der Waals surface area contributed by atoms with Crippen LogP contribution in [0.5, 0.6) is 5.75 Å². The van der Waals surface area contributed by atoms with E-state index in [1.54, 1.807) is 54.6 Å². The third kappa shape index (κ3) is 4.03. The molecule has 0 saturated carbocycles. The Morgan fingerprint density at radius 1 is 1.00 bits per heavy atom. The van der Waals surface area contributed by atoms with Crippen molar-refractivity contribution in [3.8, 4) is 22.7 Å². The minimum atomic E-state index is -0.695. The predicted octanol–water partition coefficient (Wildman–Crippen LogP) is 3.68. The van der Waals surface area contributed by atoms with Crippen molar-refractivity contribution in [1.29, 1.82) is 0 Å². The summed E-state index contributed by atoms with van der Waals surface area (Å²) in [5.74, 6) is -0.738. The van der Waals surface area contributed by atoms with Crippen LogP contribution in [0.3, 0.4) is 0 Å². The number of esters is 2. The van der Waals surface area contributed by atoms with Gasteiger partial charge in [0.05, 0.1) is 19.9 Å². The fourth-order valence-electron chi connectivity index (χ4n) is 2.82. The highest BCUT2D eigenvalue weighted by Crippen LogP contribution is 2.30. The number of para-hydroxylation sites is 1. The molecule has 0 aliphatic heterocycles. The SMILES string of the molecule is C=CCOc1ccc(-c2nn(-c3ccccc3)c(C(=O)OC)c2C(=O)OC)cc1. The molecule has 0 N–H and O–H groups in total. The Balaban J connectivity index is 2.20. The van der Waals surface area contributed by atoms with Gasteiger partial charge in [-0.05, 0) is 36.4 Å². The van der Waals surface area contributed by atoms with E-state index < -0.39 is 11.9 Å². The van der Waals surface area contributed by atoms with E-state index >= 15 is 0 Å². The molecular formula is C22H20N2O5. The first-order chi connectivity index (χ1) is 14.1. The summed E-state index contributed by atoms with van der Waals surface area (Å²) in [6.45, 7) is 3.99. The molecule has 3 aromatic rings. The average molecular weight is 392 g/mol. The van der Waals surface area contributed by atoms with E-state index in [4.69, 9.17) is 14.2 Å². The van der Waals surface area contributed by atoms with Gasteiger partial charge in [0.1, 0.15) is 23.6 Å². The second kappa shape index (κ2) is 8.88. The van der Waals surface area contributed by atoms with Crippen molar-refractivity contribution >= 4 is 11.9 Å². The Labute approximate surface area is 168 Å². The number of nitrogens with zero attached hydrogens (tertiary/aromatic N) is 2. The normalized spacial score (nSPS) is 10.3. The van der Waals surface area contributed by atoms with E-state index in [1.807, 2.05) is 6.07 Å². The van der Waals surface area contributed by atoms with Gasteiger partial charge in [0.15, 0.2) is 5.69 Å². The highest BCUT2D eigenvalue weighted by Gasteiger charge is 2.31. The fourth-order valence-corrected chi connectivity index (χ4v) is 2.82. The Morgan fingerprint density at radius 3 is 2.24 bits per heavy atom. The van der Waals surface area contributed by atoms with Crippen LogP contribution in [-0.4, -0.2) is 42.5 Å². The van der Waals surface area contributed by atoms with Crippen LogP contribution >= 0.6 is 0 Å². The number of hydrogen-bond donors (Lipinski definition) is 0. The smallest absolute Gasteiger partial charge is 0.357 e. The molecule has 0 aliphatic carbocycles. The zero-order valence-electron chi connectivity index (χ0n) is 16.1. The van der Waals surface area contributed by atoms with E-state index in [0.29, 0.717) is 29.3 Å². The molecule has 1 aromatic heterocycles.